The van der Waals surface area contributed by atoms with Crippen LogP contribution in [0.5, 0.6) is 17.4 Å². The number of hydrogen-bond donors (Lipinski definition) is 0. The lowest BCUT2D eigenvalue weighted by molar-refractivity contribution is -0.118. The molecule has 0 saturated carbocycles. The van der Waals surface area contributed by atoms with Gasteiger partial charge in [-0.3, -0.25) is 9.69 Å². The second-order valence-electron chi connectivity index (χ2n) is 7.13. The molecule has 8 nitrogen and oxygen atoms in total. The maximum atomic E-state index is 12.9. The normalized spacial score (nSPS) is 14.5. The molecule has 0 radical (unpaired) electrons. The van der Waals surface area contributed by atoms with Gasteiger partial charge < -0.3 is 14.2 Å². The molecule has 3 aromatic rings. The molecule has 172 valence electrons. The average molecular weight is 467 g/mol. The van der Waals surface area contributed by atoms with Crippen molar-refractivity contribution in [3.8, 4) is 28.6 Å². The number of rotatable bonds is 7. The van der Waals surface area contributed by atoms with E-state index >= 15 is 0 Å². The molecule has 0 aliphatic carbocycles. The van der Waals surface area contributed by atoms with E-state index < -0.39 is 6.23 Å². The molecule has 0 saturated heterocycles. The summed E-state index contributed by atoms with van der Waals surface area (Å²) in [5.41, 5.74) is 2.63. The van der Waals surface area contributed by atoms with Crippen LogP contribution in [0.2, 0.25) is 0 Å². The van der Waals surface area contributed by atoms with E-state index in [9.17, 15) is 4.79 Å². The molecule has 1 amide bonds. The van der Waals surface area contributed by atoms with Crippen LogP contribution < -0.4 is 19.1 Å². The molecule has 1 aliphatic heterocycles. The van der Waals surface area contributed by atoms with Crippen LogP contribution >= 0.6 is 11.8 Å². The van der Waals surface area contributed by atoms with Gasteiger partial charge in [-0.2, -0.15) is 4.98 Å². The van der Waals surface area contributed by atoms with Gasteiger partial charge in [0.15, 0.2) is 17.2 Å². The Kier molecular flexibility index (Phi) is 6.98. The van der Waals surface area contributed by atoms with E-state index in [1.807, 2.05) is 63.2 Å². The summed E-state index contributed by atoms with van der Waals surface area (Å²) in [5.74, 6) is 2.18. The van der Waals surface area contributed by atoms with Crippen LogP contribution in [0, 0.1) is 0 Å². The van der Waals surface area contributed by atoms with Crippen molar-refractivity contribution in [1.82, 2.24) is 15.2 Å². The van der Waals surface area contributed by atoms with Crippen molar-refractivity contribution in [2.24, 2.45) is 0 Å². The Labute approximate surface area is 197 Å². The third-order valence-electron chi connectivity index (χ3n) is 4.98. The maximum absolute atomic E-state index is 12.9. The van der Waals surface area contributed by atoms with Gasteiger partial charge >= 0.3 is 0 Å². The number of benzene rings is 2. The van der Waals surface area contributed by atoms with Crippen molar-refractivity contribution in [2.75, 3.05) is 23.9 Å². The molecule has 33 heavy (non-hydrogen) atoms. The standard InChI is InChI=1S/C24H26N4O4S/c1-5-30-19-13-12-16(14-20(19)31-6-2)23-28(15(4)29)18-11-9-8-10-17(18)21-22(32-23)25-24(27-26-21)33-7-3/h8-14,23H,5-7H2,1-4H3/t23-/m0/s1. The van der Waals surface area contributed by atoms with Crippen LogP contribution in [0.25, 0.3) is 11.3 Å². The minimum atomic E-state index is -0.782. The van der Waals surface area contributed by atoms with Crippen LogP contribution in [-0.2, 0) is 4.79 Å². The van der Waals surface area contributed by atoms with Crippen molar-refractivity contribution in [3.63, 3.8) is 0 Å². The largest absolute Gasteiger partial charge is 0.490 e. The summed E-state index contributed by atoms with van der Waals surface area (Å²) >= 11 is 1.48. The molecule has 0 bridgehead atoms. The zero-order chi connectivity index (χ0) is 23.4. The van der Waals surface area contributed by atoms with Crippen LogP contribution in [0.3, 0.4) is 0 Å². The minimum Gasteiger partial charge on any atom is -0.490 e. The Morgan fingerprint density at radius 3 is 2.55 bits per heavy atom. The monoisotopic (exact) mass is 466 g/mol. The van der Waals surface area contributed by atoms with Gasteiger partial charge in [0.2, 0.25) is 23.2 Å². The third kappa shape index (κ3) is 4.59. The number of anilines is 1. The second-order valence-corrected chi connectivity index (χ2v) is 8.36. The Balaban J connectivity index is 1.90. The number of nitrogens with zero attached hydrogens (tertiary/aromatic N) is 4. The smallest absolute Gasteiger partial charge is 0.247 e. The van der Waals surface area contributed by atoms with E-state index in [0.29, 0.717) is 47.1 Å². The lowest BCUT2D eigenvalue weighted by atomic mass is 10.1. The Hall–Kier alpha value is -3.33. The van der Waals surface area contributed by atoms with E-state index in [0.717, 1.165) is 16.9 Å². The quantitative estimate of drug-likeness (QED) is 0.455. The molecule has 2 aromatic carbocycles. The predicted octanol–water partition coefficient (Wildman–Crippen LogP) is 4.89. The van der Waals surface area contributed by atoms with E-state index in [4.69, 9.17) is 14.2 Å². The molecule has 9 heteroatoms. The average Bonchev–Trinajstić information content (AvgIpc) is 2.95. The molecule has 1 aliphatic rings. The Morgan fingerprint density at radius 1 is 1.06 bits per heavy atom. The second kappa shape index (κ2) is 10.1. The van der Waals surface area contributed by atoms with Gasteiger partial charge in [0, 0.05) is 18.1 Å². The fraction of sp³-hybridized carbons (Fsp3) is 0.333. The molecule has 1 atom stereocenters. The van der Waals surface area contributed by atoms with Crippen molar-refractivity contribution in [1.29, 1.82) is 0 Å². The number of thioether (sulfide) groups is 1. The van der Waals surface area contributed by atoms with Crippen molar-refractivity contribution in [3.05, 3.63) is 48.0 Å². The first-order valence-corrected chi connectivity index (χ1v) is 11.9. The number of carbonyl (C=O) groups excluding carboxylic acids is 1. The molecule has 2 heterocycles. The first-order chi connectivity index (χ1) is 16.1. The number of hydrogen-bond acceptors (Lipinski definition) is 8. The van der Waals surface area contributed by atoms with Gasteiger partial charge in [0.1, 0.15) is 0 Å². The zero-order valence-corrected chi connectivity index (χ0v) is 19.9. The Morgan fingerprint density at radius 2 is 1.82 bits per heavy atom. The minimum absolute atomic E-state index is 0.178. The number of para-hydroxylation sites is 1. The number of fused-ring (bicyclic) bond motifs is 3. The fourth-order valence-electron chi connectivity index (χ4n) is 3.68. The highest BCUT2D eigenvalue weighted by Crippen LogP contribution is 2.44. The third-order valence-corrected chi connectivity index (χ3v) is 5.70. The lowest BCUT2D eigenvalue weighted by Gasteiger charge is -2.30. The summed E-state index contributed by atoms with van der Waals surface area (Å²) in [5, 5.41) is 9.17. The van der Waals surface area contributed by atoms with Gasteiger partial charge in [0.05, 0.1) is 18.9 Å². The molecule has 4 rings (SSSR count). The van der Waals surface area contributed by atoms with E-state index in [2.05, 4.69) is 15.2 Å². The van der Waals surface area contributed by atoms with Crippen LogP contribution in [0.4, 0.5) is 5.69 Å². The van der Waals surface area contributed by atoms with Gasteiger partial charge in [-0.15, -0.1) is 10.2 Å². The van der Waals surface area contributed by atoms with Gasteiger partial charge in [-0.1, -0.05) is 36.9 Å². The lowest BCUT2D eigenvalue weighted by Crippen LogP contribution is -2.36. The number of aromatic nitrogens is 3. The molecular weight excluding hydrogens is 440 g/mol. The first-order valence-electron chi connectivity index (χ1n) is 10.9. The number of ether oxygens (including phenoxy) is 3. The highest BCUT2D eigenvalue weighted by molar-refractivity contribution is 7.99. The first kappa shape index (κ1) is 22.8. The molecule has 0 spiro atoms. The van der Waals surface area contributed by atoms with E-state index in [-0.39, 0.29) is 5.91 Å². The van der Waals surface area contributed by atoms with Crippen LogP contribution in [0.1, 0.15) is 39.5 Å². The summed E-state index contributed by atoms with van der Waals surface area (Å²) in [7, 11) is 0. The zero-order valence-electron chi connectivity index (χ0n) is 19.1. The SMILES string of the molecule is CCOc1ccc([C@@H]2Oc3nc(SCC)nnc3-c3ccccc3N2C(C)=O)cc1OCC. The topological polar surface area (TPSA) is 86.7 Å². The summed E-state index contributed by atoms with van der Waals surface area (Å²) in [4.78, 5) is 19.1. The van der Waals surface area contributed by atoms with Crippen molar-refractivity contribution < 1.29 is 19.0 Å². The highest BCUT2D eigenvalue weighted by Gasteiger charge is 2.35. The number of carbonyl (C=O) groups is 1. The van der Waals surface area contributed by atoms with Gasteiger partial charge in [0.25, 0.3) is 0 Å². The number of amides is 1. The van der Waals surface area contributed by atoms with E-state index in [1.54, 1.807) is 4.90 Å². The van der Waals surface area contributed by atoms with Crippen molar-refractivity contribution >= 4 is 23.4 Å². The van der Waals surface area contributed by atoms with Crippen molar-refractivity contribution in [2.45, 2.75) is 39.1 Å². The maximum Gasteiger partial charge on any atom is 0.247 e. The predicted molar refractivity (Wildman–Crippen MR) is 127 cm³/mol. The molecule has 0 unspecified atom stereocenters. The molecule has 0 N–H and O–H groups in total. The molecule has 0 fully saturated rings. The Bertz CT molecular complexity index is 1160. The molecular formula is C24H26N4O4S. The summed E-state index contributed by atoms with van der Waals surface area (Å²) < 4.78 is 17.9. The summed E-state index contributed by atoms with van der Waals surface area (Å²) in [6, 6.07) is 13.1. The molecule has 1 aromatic heterocycles. The van der Waals surface area contributed by atoms with E-state index in [1.165, 1.54) is 18.7 Å². The summed E-state index contributed by atoms with van der Waals surface area (Å²) in [6.45, 7) is 8.35. The van der Waals surface area contributed by atoms with Crippen LogP contribution in [0.15, 0.2) is 47.6 Å². The van der Waals surface area contributed by atoms with Crippen LogP contribution in [-0.4, -0.2) is 40.1 Å². The fourth-order valence-corrected chi connectivity index (χ4v) is 4.19. The highest BCUT2D eigenvalue weighted by atomic mass is 32.2. The summed E-state index contributed by atoms with van der Waals surface area (Å²) in [6.07, 6.45) is -0.782. The van der Waals surface area contributed by atoms with Gasteiger partial charge in [-0.25, -0.2) is 0 Å². The van der Waals surface area contributed by atoms with Gasteiger partial charge in [-0.05, 0) is 43.9 Å².